The van der Waals surface area contributed by atoms with Crippen molar-refractivity contribution in [2.24, 2.45) is 5.73 Å². The Morgan fingerprint density at radius 2 is 1.95 bits per heavy atom. The highest BCUT2D eigenvalue weighted by atomic mass is 79.9. The van der Waals surface area contributed by atoms with Crippen LogP contribution in [0.3, 0.4) is 0 Å². The molecule has 1 saturated heterocycles. The molecular formula is C15H24BrN3. The van der Waals surface area contributed by atoms with Gasteiger partial charge in [-0.25, -0.2) is 0 Å². The second kappa shape index (κ2) is 6.25. The van der Waals surface area contributed by atoms with Gasteiger partial charge in [-0.1, -0.05) is 22.0 Å². The van der Waals surface area contributed by atoms with E-state index in [1.54, 1.807) is 0 Å². The molecule has 0 unspecified atom stereocenters. The lowest BCUT2D eigenvalue weighted by atomic mass is 10.0. The normalized spacial score (nSPS) is 18.9. The Hall–Kier alpha value is -0.580. The van der Waals surface area contributed by atoms with Crippen molar-refractivity contribution in [1.82, 2.24) is 4.90 Å². The van der Waals surface area contributed by atoms with E-state index in [0.29, 0.717) is 0 Å². The largest absolute Gasteiger partial charge is 0.371 e. The molecule has 0 bridgehead atoms. The molecule has 4 heteroatoms. The van der Waals surface area contributed by atoms with E-state index in [0.717, 1.165) is 23.6 Å². The van der Waals surface area contributed by atoms with Crippen LogP contribution in [0.5, 0.6) is 0 Å². The van der Waals surface area contributed by atoms with Crippen LogP contribution in [-0.2, 0) is 0 Å². The Kier molecular flexibility index (Phi) is 4.87. The summed E-state index contributed by atoms with van der Waals surface area (Å²) in [7, 11) is 4.35. The summed E-state index contributed by atoms with van der Waals surface area (Å²) in [5.74, 6) is 0. The summed E-state index contributed by atoms with van der Waals surface area (Å²) in [5.41, 5.74) is 8.42. The molecular weight excluding hydrogens is 302 g/mol. The van der Waals surface area contributed by atoms with Gasteiger partial charge in [0, 0.05) is 35.3 Å². The monoisotopic (exact) mass is 325 g/mol. The van der Waals surface area contributed by atoms with Gasteiger partial charge in [-0.3, -0.25) is 0 Å². The van der Waals surface area contributed by atoms with Crippen LogP contribution in [0.25, 0.3) is 0 Å². The van der Waals surface area contributed by atoms with Crippen LogP contribution in [0.15, 0.2) is 22.7 Å². The molecule has 106 valence electrons. The first-order chi connectivity index (χ1) is 8.99. The molecule has 1 aromatic rings. The van der Waals surface area contributed by atoms with Crippen molar-refractivity contribution in [3.05, 3.63) is 28.2 Å². The molecule has 1 fully saturated rings. The maximum Gasteiger partial charge on any atom is 0.0377 e. The molecule has 1 atom stereocenters. The minimum Gasteiger partial charge on any atom is -0.371 e. The molecule has 19 heavy (non-hydrogen) atoms. The molecule has 1 heterocycles. The fraction of sp³-hybridized carbons (Fsp3) is 0.600. The molecule has 2 N–H and O–H groups in total. The van der Waals surface area contributed by atoms with E-state index in [1.807, 2.05) is 6.92 Å². The lowest BCUT2D eigenvalue weighted by Gasteiger charge is -2.36. The van der Waals surface area contributed by atoms with Gasteiger partial charge in [0.25, 0.3) is 0 Å². The zero-order valence-electron chi connectivity index (χ0n) is 12.1. The number of hydrogen-bond donors (Lipinski definition) is 1. The van der Waals surface area contributed by atoms with Gasteiger partial charge < -0.3 is 15.5 Å². The van der Waals surface area contributed by atoms with E-state index < -0.39 is 0 Å². The third-order valence-electron chi connectivity index (χ3n) is 4.03. The third-order valence-corrected chi connectivity index (χ3v) is 4.72. The summed E-state index contributed by atoms with van der Waals surface area (Å²) >= 11 is 3.63. The molecule has 2 rings (SSSR count). The molecule has 1 aliphatic heterocycles. The Morgan fingerprint density at radius 3 is 2.42 bits per heavy atom. The van der Waals surface area contributed by atoms with Crippen molar-refractivity contribution in [1.29, 1.82) is 0 Å². The van der Waals surface area contributed by atoms with Crippen LogP contribution in [0, 0.1) is 0 Å². The van der Waals surface area contributed by atoms with E-state index in [1.165, 1.54) is 24.1 Å². The summed E-state index contributed by atoms with van der Waals surface area (Å²) in [6, 6.07) is 7.34. The first-order valence-electron chi connectivity index (χ1n) is 6.95. The third kappa shape index (κ3) is 3.50. The van der Waals surface area contributed by atoms with Gasteiger partial charge in [0.2, 0.25) is 0 Å². The number of nitrogens with two attached hydrogens (primary N) is 1. The lowest BCUT2D eigenvalue weighted by molar-refractivity contribution is 0.249. The van der Waals surface area contributed by atoms with E-state index >= 15 is 0 Å². The van der Waals surface area contributed by atoms with Gasteiger partial charge >= 0.3 is 0 Å². The fourth-order valence-electron chi connectivity index (χ4n) is 2.72. The highest BCUT2D eigenvalue weighted by Gasteiger charge is 2.21. The second-order valence-corrected chi connectivity index (χ2v) is 6.53. The van der Waals surface area contributed by atoms with Crippen LogP contribution in [-0.4, -0.2) is 38.1 Å². The fourth-order valence-corrected chi connectivity index (χ4v) is 3.45. The van der Waals surface area contributed by atoms with Crippen molar-refractivity contribution in [2.45, 2.75) is 31.8 Å². The molecule has 1 aliphatic rings. The molecule has 0 saturated carbocycles. The molecule has 0 amide bonds. The number of benzene rings is 1. The van der Waals surface area contributed by atoms with Crippen molar-refractivity contribution in [3.8, 4) is 0 Å². The number of nitrogens with zero attached hydrogens (tertiary/aromatic N) is 2. The summed E-state index contributed by atoms with van der Waals surface area (Å²) < 4.78 is 1.12. The number of rotatable bonds is 3. The van der Waals surface area contributed by atoms with Gasteiger partial charge in [0.1, 0.15) is 0 Å². The van der Waals surface area contributed by atoms with E-state index in [2.05, 4.69) is 58.0 Å². The molecule has 0 aliphatic carbocycles. The number of piperidine rings is 1. The first-order valence-corrected chi connectivity index (χ1v) is 7.74. The zero-order valence-corrected chi connectivity index (χ0v) is 13.7. The van der Waals surface area contributed by atoms with Crippen LogP contribution in [0.1, 0.15) is 31.4 Å². The highest BCUT2D eigenvalue weighted by molar-refractivity contribution is 9.10. The van der Waals surface area contributed by atoms with E-state index in [-0.39, 0.29) is 6.04 Å². The maximum atomic E-state index is 5.95. The molecule has 3 nitrogen and oxygen atoms in total. The number of halogens is 1. The zero-order chi connectivity index (χ0) is 14.0. The van der Waals surface area contributed by atoms with Gasteiger partial charge in [0.15, 0.2) is 0 Å². The SMILES string of the molecule is C[C@@H](N)c1ccc(N2CCC(N(C)C)CC2)cc1Br. The summed E-state index contributed by atoms with van der Waals surface area (Å²) in [4.78, 5) is 4.81. The van der Waals surface area contributed by atoms with Gasteiger partial charge in [-0.2, -0.15) is 0 Å². The van der Waals surface area contributed by atoms with Gasteiger partial charge in [-0.05, 0) is 51.6 Å². The smallest absolute Gasteiger partial charge is 0.0377 e. The summed E-state index contributed by atoms with van der Waals surface area (Å²) in [6.07, 6.45) is 2.47. The van der Waals surface area contributed by atoms with Crippen molar-refractivity contribution >= 4 is 21.6 Å². The number of hydrogen-bond acceptors (Lipinski definition) is 3. The molecule has 0 radical (unpaired) electrons. The predicted octanol–water partition coefficient (Wildman–Crippen LogP) is 3.00. The van der Waals surface area contributed by atoms with E-state index in [9.17, 15) is 0 Å². The average Bonchev–Trinajstić information content (AvgIpc) is 2.38. The quantitative estimate of drug-likeness (QED) is 0.927. The van der Waals surface area contributed by atoms with Crippen LogP contribution >= 0.6 is 15.9 Å². The maximum absolute atomic E-state index is 5.95. The topological polar surface area (TPSA) is 32.5 Å². The predicted molar refractivity (Wildman–Crippen MR) is 85.7 cm³/mol. The second-order valence-electron chi connectivity index (χ2n) is 5.68. The molecule has 0 spiro atoms. The van der Waals surface area contributed by atoms with Crippen LogP contribution in [0.2, 0.25) is 0 Å². The highest BCUT2D eigenvalue weighted by Crippen LogP contribution is 2.29. The Balaban J connectivity index is 2.06. The minimum atomic E-state index is 0.0721. The van der Waals surface area contributed by atoms with Crippen molar-refractivity contribution in [2.75, 3.05) is 32.1 Å². The Labute approximate surface area is 124 Å². The standard InChI is InChI=1S/C15H24BrN3/c1-11(17)14-5-4-13(10-15(14)16)19-8-6-12(7-9-19)18(2)3/h4-5,10-12H,6-9,17H2,1-3H3/t11-/m1/s1. The Bertz CT molecular complexity index is 423. The lowest BCUT2D eigenvalue weighted by Crippen LogP contribution is -2.42. The average molecular weight is 326 g/mol. The van der Waals surface area contributed by atoms with Crippen LogP contribution in [0.4, 0.5) is 5.69 Å². The van der Waals surface area contributed by atoms with Crippen molar-refractivity contribution < 1.29 is 0 Å². The van der Waals surface area contributed by atoms with Crippen LogP contribution < -0.4 is 10.6 Å². The number of anilines is 1. The molecule has 1 aromatic carbocycles. The Morgan fingerprint density at radius 1 is 1.32 bits per heavy atom. The summed E-state index contributed by atoms with van der Waals surface area (Å²) in [5, 5.41) is 0. The van der Waals surface area contributed by atoms with E-state index in [4.69, 9.17) is 5.73 Å². The molecule has 0 aromatic heterocycles. The van der Waals surface area contributed by atoms with Gasteiger partial charge in [0.05, 0.1) is 0 Å². The summed E-state index contributed by atoms with van der Waals surface area (Å²) in [6.45, 7) is 4.28. The minimum absolute atomic E-state index is 0.0721. The van der Waals surface area contributed by atoms with Crippen molar-refractivity contribution in [3.63, 3.8) is 0 Å². The first kappa shape index (κ1) is 14.8. The van der Waals surface area contributed by atoms with Gasteiger partial charge in [-0.15, -0.1) is 0 Å².